The van der Waals surface area contributed by atoms with E-state index in [1.165, 1.54) is 0 Å². The summed E-state index contributed by atoms with van der Waals surface area (Å²) in [6.07, 6.45) is 0.691. The van der Waals surface area contributed by atoms with E-state index in [4.69, 9.17) is 0 Å². The molecular weight excluding hydrogens is 204 g/mol. The molecule has 0 spiro atoms. The Bertz CT molecular complexity index is 355. The van der Waals surface area contributed by atoms with Crippen LogP contribution >= 0.6 is 0 Å². The molecule has 0 fully saturated rings. The van der Waals surface area contributed by atoms with Crippen molar-refractivity contribution in [2.24, 2.45) is 0 Å². The molecule has 1 aromatic rings. The highest BCUT2D eigenvalue weighted by Gasteiger charge is 2.04. The normalized spacial score (nSPS) is 9.62. The topological polar surface area (TPSA) is 58.2 Å². The smallest absolute Gasteiger partial charge is 0.224 e. The fourth-order valence-corrected chi connectivity index (χ4v) is 1.40. The van der Waals surface area contributed by atoms with Gasteiger partial charge in [0.25, 0.3) is 0 Å². The Balaban J connectivity index is 2.71. The first-order chi connectivity index (χ1) is 7.65. The Kier molecular flexibility index (Phi) is 4.51. The molecule has 0 unspecified atom stereocenters. The number of carbonyl (C=O) groups excluding carboxylic acids is 2. The van der Waals surface area contributed by atoms with Crippen molar-refractivity contribution in [2.45, 2.75) is 12.8 Å². The average molecular weight is 220 g/mol. The summed E-state index contributed by atoms with van der Waals surface area (Å²) in [6, 6.07) is 7.49. The van der Waals surface area contributed by atoms with Crippen LogP contribution < -0.4 is 10.6 Å². The van der Waals surface area contributed by atoms with E-state index in [1.54, 1.807) is 14.1 Å². The Hall–Kier alpha value is -1.84. The van der Waals surface area contributed by atoms with E-state index in [1.807, 2.05) is 24.3 Å². The third-order valence-electron chi connectivity index (χ3n) is 2.28. The molecule has 1 rings (SSSR count). The van der Waals surface area contributed by atoms with Gasteiger partial charge in [-0.15, -0.1) is 0 Å². The number of nitrogens with one attached hydrogen (secondary N) is 2. The molecule has 0 saturated heterocycles. The molecule has 0 atom stereocenters. The third kappa shape index (κ3) is 3.73. The molecule has 86 valence electrons. The zero-order chi connectivity index (χ0) is 12.0. The van der Waals surface area contributed by atoms with Crippen molar-refractivity contribution in [1.29, 1.82) is 0 Å². The molecule has 0 aliphatic rings. The summed E-state index contributed by atoms with van der Waals surface area (Å²) in [5.74, 6) is -0.0609. The van der Waals surface area contributed by atoms with Gasteiger partial charge < -0.3 is 10.6 Å². The van der Waals surface area contributed by atoms with Gasteiger partial charge in [0.15, 0.2) is 0 Å². The Labute approximate surface area is 95.0 Å². The molecule has 2 amide bonds. The van der Waals surface area contributed by atoms with Gasteiger partial charge in [0, 0.05) is 14.1 Å². The fourth-order valence-electron chi connectivity index (χ4n) is 1.40. The van der Waals surface area contributed by atoms with Crippen LogP contribution in [0.4, 0.5) is 0 Å². The molecule has 16 heavy (non-hydrogen) atoms. The number of rotatable bonds is 4. The molecule has 2 N–H and O–H groups in total. The fraction of sp³-hybridized carbons (Fsp3) is 0.333. The van der Waals surface area contributed by atoms with Gasteiger partial charge in [-0.05, 0) is 11.1 Å². The van der Waals surface area contributed by atoms with Gasteiger partial charge in [-0.25, -0.2) is 0 Å². The van der Waals surface area contributed by atoms with Gasteiger partial charge in [-0.2, -0.15) is 0 Å². The minimum absolute atomic E-state index is 0.0305. The molecule has 0 aromatic heterocycles. The lowest BCUT2D eigenvalue weighted by Crippen LogP contribution is -2.21. The number of hydrogen-bond acceptors (Lipinski definition) is 2. The van der Waals surface area contributed by atoms with Crippen LogP contribution in [-0.4, -0.2) is 25.9 Å². The average Bonchev–Trinajstić information content (AvgIpc) is 2.29. The van der Waals surface area contributed by atoms with Crippen molar-refractivity contribution in [3.05, 3.63) is 35.4 Å². The van der Waals surface area contributed by atoms with Gasteiger partial charge in [0.1, 0.15) is 0 Å². The van der Waals surface area contributed by atoms with Crippen LogP contribution in [-0.2, 0) is 22.4 Å². The standard InChI is InChI=1S/C12H16N2O2/c1-13-11(15)7-9-4-3-5-10(6-9)8-12(16)14-2/h3-6H,7-8H2,1-2H3,(H,13,15)(H,14,16). The van der Waals surface area contributed by atoms with E-state index < -0.39 is 0 Å². The zero-order valence-electron chi connectivity index (χ0n) is 9.54. The van der Waals surface area contributed by atoms with Gasteiger partial charge in [0.05, 0.1) is 12.8 Å². The molecule has 0 aliphatic carbocycles. The number of hydrogen-bond donors (Lipinski definition) is 2. The van der Waals surface area contributed by atoms with Crippen molar-refractivity contribution in [1.82, 2.24) is 10.6 Å². The minimum atomic E-state index is -0.0305. The maximum Gasteiger partial charge on any atom is 0.224 e. The highest BCUT2D eigenvalue weighted by molar-refractivity contribution is 5.79. The first-order valence-corrected chi connectivity index (χ1v) is 5.14. The number of carbonyl (C=O) groups is 2. The van der Waals surface area contributed by atoms with E-state index in [9.17, 15) is 9.59 Å². The van der Waals surface area contributed by atoms with E-state index in [0.29, 0.717) is 12.8 Å². The van der Waals surface area contributed by atoms with E-state index in [-0.39, 0.29) is 11.8 Å². The summed E-state index contributed by atoms with van der Waals surface area (Å²) in [5, 5.41) is 5.13. The van der Waals surface area contributed by atoms with Crippen LogP contribution in [0.2, 0.25) is 0 Å². The van der Waals surface area contributed by atoms with Crippen LogP contribution in [0.5, 0.6) is 0 Å². The lowest BCUT2D eigenvalue weighted by Gasteiger charge is -2.04. The highest BCUT2D eigenvalue weighted by Crippen LogP contribution is 2.06. The molecule has 0 radical (unpaired) electrons. The van der Waals surface area contributed by atoms with Gasteiger partial charge in [-0.1, -0.05) is 24.3 Å². The summed E-state index contributed by atoms with van der Waals surface area (Å²) in [5.41, 5.74) is 1.83. The van der Waals surface area contributed by atoms with Crippen LogP contribution in [0.1, 0.15) is 11.1 Å². The first-order valence-electron chi connectivity index (χ1n) is 5.14. The largest absolute Gasteiger partial charge is 0.359 e. The summed E-state index contributed by atoms with van der Waals surface area (Å²) < 4.78 is 0. The van der Waals surface area contributed by atoms with Crippen molar-refractivity contribution in [3.8, 4) is 0 Å². The molecule has 0 aliphatic heterocycles. The second kappa shape index (κ2) is 5.90. The molecule has 1 aromatic carbocycles. The number of amides is 2. The second-order valence-corrected chi connectivity index (χ2v) is 3.52. The Morgan fingerprint density at radius 1 is 1.00 bits per heavy atom. The van der Waals surface area contributed by atoms with E-state index >= 15 is 0 Å². The summed E-state index contributed by atoms with van der Waals surface area (Å²) in [7, 11) is 3.22. The SMILES string of the molecule is CNC(=O)Cc1cccc(CC(=O)NC)c1. The third-order valence-corrected chi connectivity index (χ3v) is 2.28. The van der Waals surface area contributed by atoms with Crippen molar-refractivity contribution in [2.75, 3.05) is 14.1 Å². The van der Waals surface area contributed by atoms with Crippen LogP contribution in [0, 0.1) is 0 Å². The Morgan fingerprint density at radius 3 is 1.81 bits per heavy atom. The van der Waals surface area contributed by atoms with Crippen molar-refractivity contribution < 1.29 is 9.59 Å². The Morgan fingerprint density at radius 2 is 1.44 bits per heavy atom. The first kappa shape index (κ1) is 12.2. The van der Waals surface area contributed by atoms with Crippen molar-refractivity contribution >= 4 is 11.8 Å². The zero-order valence-corrected chi connectivity index (χ0v) is 9.54. The van der Waals surface area contributed by atoms with Crippen LogP contribution in [0.15, 0.2) is 24.3 Å². The van der Waals surface area contributed by atoms with Gasteiger partial charge >= 0.3 is 0 Å². The summed E-state index contributed by atoms with van der Waals surface area (Å²) in [4.78, 5) is 22.4. The molecule has 4 heteroatoms. The summed E-state index contributed by atoms with van der Waals surface area (Å²) in [6.45, 7) is 0. The maximum atomic E-state index is 11.2. The predicted octanol–water partition coefficient (Wildman–Crippen LogP) is 0.264. The molecule has 4 nitrogen and oxygen atoms in total. The van der Waals surface area contributed by atoms with E-state index in [2.05, 4.69) is 10.6 Å². The van der Waals surface area contributed by atoms with E-state index in [0.717, 1.165) is 11.1 Å². The van der Waals surface area contributed by atoms with Gasteiger partial charge in [0.2, 0.25) is 11.8 Å². The lowest BCUT2D eigenvalue weighted by atomic mass is 10.1. The molecule has 0 heterocycles. The lowest BCUT2D eigenvalue weighted by molar-refractivity contribution is -0.120. The predicted molar refractivity (Wildman–Crippen MR) is 62.0 cm³/mol. The second-order valence-electron chi connectivity index (χ2n) is 3.52. The number of likely N-dealkylation sites (N-methyl/N-ethyl adjacent to an activating group) is 2. The number of benzene rings is 1. The molecule has 0 saturated carbocycles. The van der Waals surface area contributed by atoms with Crippen LogP contribution in [0.3, 0.4) is 0 Å². The minimum Gasteiger partial charge on any atom is -0.359 e. The molecular formula is C12H16N2O2. The van der Waals surface area contributed by atoms with Crippen molar-refractivity contribution in [3.63, 3.8) is 0 Å². The molecule has 0 bridgehead atoms. The monoisotopic (exact) mass is 220 g/mol. The maximum absolute atomic E-state index is 11.2. The summed E-state index contributed by atoms with van der Waals surface area (Å²) >= 11 is 0. The van der Waals surface area contributed by atoms with Crippen LogP contribution in [0.25, 0.3) is 0 Å². The quantitative estimate of drug-likeness (QED) is 0.765. The van der Waals surface area contributed by atoms with Gasteiger partial charge in [-0.3, -0.25) is 9.59 Å². The highest BCUT2D eigenvalue weighted by atomic mass is 16.2.